The van der Waals surface area contributed by atoms with E-state index in [4.69, 9.17) is 4.74 Å². The molecule has 1 heterocycles. The summed E-state index contributed by atoms with van der Waals surface area (Å²) >= 11 is 4.84. The number of hydrogen-bond donors (Lipinski definition) is 0. The molecule has 1 atom stereocenters. The third kappa shape index (κ3) is 2.15. The normalized spacial score (nSPS) is 12.9. The number of methoxy groups -OCH3 is 1. The van der Waals surface area contributed by atoms with E-state index in [1.165, 1.54) is 18.3 Å². The van der Waals surface area contributed by atoms with Gasteiger partial charge in [-0.3, -0.25) is 4.79 Å². The minimum absolute atomic E-state index is 0.0341. The number of thiophene rings is 1. The van der Waals surface area contributed by atoms with E-state index in [1.54, 1.807) is 7.11 Å². The summed E-state index contributed by atoms with van der Waals surface area (Å²) in [7, 11) is 1.54. The van der Waals surface area contributed by atoms with Gasteiger partial charge < -0.3 is 4.74 Å². The molecular formula is C8H9BrO2S. The van der Waals surface area contributed by atoms with Gasteiger partial charge in [0.05, 0.1) is 0 Å². The molecule has 66 valence electrons. The van der Waals surface area contributed by atoms with Crippen LogP contribution in [0.5, 0.6) is 0 Å². The van der Waals surface area contributed by atoms with Crippen LogP contribution >= 0.6 is 27.3 Å². The van der Waals surface area contributed by atoms with E-state index >= 15 is 0 Å². The van der Waals surface area contributed by atoms with Crippen molar-refractivity contribution in [3.8, 4) is 0 Å². The molecule has 0 fully saturated rings. The predicted octanol–water partition coefficient (Wildman–Crippen LogP) is 2.79. The molecule has 0 bridgehead atoms. The highest BCUT2D eigenvalue weighted by molar-refractivity contribution is 9.10. The first-order valence-electron chi connectivity index (χ1n) is 3.42. The summed E-state index contributed by atoms with van der Waals surface area (Å²) in [5, 5.41) is 1.93. The first-order chi connectivity index (χ1) is 5.65. The maximum Gasteiger partial charge on any atom is 0.163 e. The molecule has 4 heteroatoms. The van der Waals surface area contributed by atoms with Crippen LogP contribution in [0, 0.1) is 0 Å². The largest absolute Gasteiger partial charge is 0.368 e. The van der Waals surface area contributed by atoms with Crippen LogP contribution in [0.25, 0.3) is 0 Å². The Hall–Kier alpha value is -0.190. The molecule has 1 unspecified atom stereocenters. The van der Waals surface area contributed by atoms with Crippen molar-refractivity contribution < 1.29 is 9.53 Å². The molecule has 0 N–H and O–H groups in total. The number of halogens is 1. The quantitative estimate of drug-likeness (QED) is 0.823. The lowest BCUT2D eigenvalue weighted by atomic mass is 10.2. The van der Waals surface area contributed by atoms with Crippen LogP contribution in [0.3, 0.4) is 0 Å². The van der Waals surface area contributed by atoms with Crippen molar-refractivity contribution in [1.82, 2.24) is 0 Å². The van der Waals surface area contributed by atoms with E-state index in [0.717, 1.165) is 9.35 Å². The van der Waals surface area contributed by atoms with Gasteiger partial charge in [-0.1, -0.05) is 0 Å². The van der Waals surface area contributed by atoms with Crippen LogP contribution in [0.2, 0.25) is 0 Å². The van der Waals surface area contributed by atoms with Gasteiger partial charge in [-0.15, -0.1) is 11.3 Å². The number of carbonyl (C=O) groups excluding carboxylic acids is 1. The highest BCUT2D eigenvalue weighted by Crippen LogP contribution is 2.27. The molecule has 0 radical (unpaired) electrons. The predicted molar refractivity (Wildman–Crippen MR) is 52.5 cm³/mol. The van der Waals surface area contributed by atoms with Crippen molar-refractivity contribution >= 4 is 33.0 Å². The summed E-state index contributed by atoms with van der Waals surface area (Å²) in [5.41, 5.74) is 0. The van der Waals surface area contributed by atoms with Crippen molar-refractivity contribution in [1.29, 1.82) is 0 Å². The molecule has 0 aliphatic carbocycles. The molecule has 12 heavy (non-hydrogen) atoms. The van der Waals surface area contributed by atoms with Crippen molar-refractivity contribution in [3.63, 3.8) is 0 Å². The Balaban J connectivity index is 2.87. The molecule has 1 aromatic rings. The van der Waals surface area contributed by atoms with E-state index in [9.17, 15) is 4.79 Å². The monoisotopic (exact) mass is 248 g/mol. The lowest BCUT2D eigenvalue weighted by Crippen LogP contribution is -2.08. The molecule has 1 aromatic heterocycles. The Morgan fingerprint density at radius 3 is 2.75 bits per heavy atom. The van der Waals surface area contributed by atoms with E-state index < -0.39 is 6.10 Å². The van der Waals surface area contributed by atoms with E-state index in [2.05, 4.69) is 15.9 Å². The van der Waals surface area contributed by atoms with E-state index in [-0.39, 0.29) is 5.78 Å². The molecule has 2 nitrogen and oxygen atoms in total. The molecule has 0 amide bonds. The first-order valence-corrected chi connectivity index (χ1v) is 5.09. The Kier molecular flexibility index (Phi) is 3.43. The molecular weight excluding hydrogens is 240 g/mol. The van der Waals surface area contributed by atoms with Crippen molar-refractivity contribution in [2.45, 2.75) is 13.0 Å². The second-order valence-corrected chi connectivity index (χ2v) is 4.25. The molecule has 0 saturated carbocycles. The molecule has 0 saturated heterocycles. The van der Waals surface area contributed by atoms with Crippen molar-refractivity contribution in [2.24, 2.45) is 0 Å². The fraction of sp³-hybridized carbons (Fsp3) is 0.375. The second kappa shape index (κ2) is 4.16. The van der Waals surface area contributed by atoms with Crippen LogP contribution in [-0.2, 0) is 9.53 Å². The zero-order valence-electron chi connectivity index (χ0n) is 6.83. The molecule has 0 aliphatic rings. The fourth-order valence-corrected chi connectivity index (χ4v) is 2.52. The minimum atomic E-state index is -0.402. The molecule has 1 rings (SSSR count). The highest BCUT2D eigenvalue weighted by Gasteiger charge is 2.17. The zero-order chi connectivity index (χ0) is 9.14. The summed E-state index contributed by atoms with van der Waals surface area (Å²) < 4.78 is 6.04. The van der Waals surface area contributed by atoms with Crippen LogP contribution in [-0.4, -0.2) is 12.9 Å². The standard InChI is InChI=1S/C8H9BrO2S/c1-5(10)8(11-2)7-3-6(9)4-12-7/h3-4,8H,1-2H3. The average molecular weight is 249 g/mol. The van der Waals surface area contributed by atoms with Gasteiger partial charge in [0.25, 0.3) is 0 Å². The Bertz CT molecular complexity index is 282. The summed E-state index contributed by atoms with van der Waals surface area (Å²) in [5.74, 6) is 0.0341. The number of Topliss-reactive ketones (excluding diaryl/α,β-unsaturated/α-hetero) is 1. The average Bonchev–Trinajstić information content (AvgIpc) is 2.37. The van der Waals surface area contributed by atoms with Crippen LogP contribution < -0.4 is 0 Å². The SMILES string of the molecule is COC(C(C)=O)c1cc(Br)cs1. The maximum atomic E-state index is 11.1. The summed E-state index contributed by atoms with van der Waals surface area (Å²) in [6, 6.07) is 1.90. The molecule has 0 aromatic carbocycles. The Labute approximate surface area is 83.7 Å². The Morgan fingerprint density at radius 2 is 2.42 bits per heavy atom. The van der Waals surface area contributed by atoms with Crippen LogP contribution in [0.15, 0.2) is 15.9 Å². The number of ketones is 1. The fourth-order valence-electron chi connectivity index (χ4n) is 0.948. The molecule has 0 spiro atoms. The lowest BCUT2D eigenvalue weighted by Gasteiger charge is -2.08. The number of rotatable bonds is 3. The van der Waals surface area contributed by atoms with Crippen LogP contribution in [0.1, 0.15) is 17.9 Å². The van der Waals surface area contributed by atoms with Gasteiger partial charge in [-0.2, -0.15) is 0 Å². The van der Waals surface area contributed by atoms with Gasteiger partial charge in [-0.25, -0.2) is 0 Å². The lowest BCUT2D eigenvalue weighted by molar-refractivity contribution is -0.126. The third-order valence-electron chi connectivity index (χ3n) is 1.45. The minimum Gasteiger partial charge on any atom is -0.368 e. The van der Waals surface area contributed by atoms with Gasteiger partial charge in [0.2, 0.25) is 0 Å². The summed E-state index contributed by atoms with van der Waals surface area (Å²) in [6.07, 6.45) is -0.402. The number of hydrogen-bond acceptors (Lipinski definition) is 3. The van der Waals surface area contributed by atoms with Gasteiger partial charge in [0, 0.05) is 21.8 Å². The van der Waals surface area contributed by atoms with Crippen molar-refractivity contribution in [3.05, 3.63) is 20.8 Å². The highest BCUT2D eigenvalue weighted by atomic mass is 79.9. The van der Waals surface area contributed by atoms with Crippen molar-refractivity contribution in [2.75, 3.05) is 7.11 Å². The van der Waals surface area contributed by atoms with Gasteiger partial charge >= 0.3 is 0 Å². The van der Waals surface area contributed by atoms with Gasteiger partial charge in [0.15, 0.2) is 5.78 Å². The number of ether oxygens (including phenoxy) is 1. The van der Waals surface area contributed by atoms with E-state index in [1.807, 2.05) is 11.4 Å². The van der Waals surface area contributed by atoms with Gasteiger partial charge in [0.1, 0.15) is 6.10 Å². The van der Waals surface area contributed by atoms with E-state index in [0.29, 0.717) is 0 Å². The zero-order valence-corrected chi connectivity index (χ0v) is 9.24. The first kappa shape index (κ1) is 9.89. The Morgan fingerprint density at radius 1 is 1.75 bits per heavy atom. The van der Waals surface area contributed by atoms with Gasteiger partial charge in [-0.05, 0) is 28.9 Å². The summed E-state index contributed by atoms with van der Waals surface area (Å²) in [4.78, 5) is 12.0. The molecule has 0 aliphatic heterocycles. The third-order valence-corrected chi connectivity index (χ3v) is 3.19. The number of carbonyl (C=O) groups is 1. The smallest absolute Gasteiger partial charge is 0.163 e. The summed E-state index contributed by atoms with van der Waals surface area (Å²) in [6.45, 7) is 1.53. The maximum absolute atomic E-state index is 11.1. The topological polar surface area (TPSA) is 26.3 Å². The van der Waals surface area contributed by atoms with Crippen LogP contribution in [0.4, 0.5) is 0 Å². The second-order valence-electron chi connectivity index (χ2n) is 2.39.